The second-order valence-corrected chi connectivity index (χ2v) is 5.63. The first-order valence-corrected chi connectivity index (χ1v) is 6.70. The van der Waals surface area contributed by atoms with Gasteiger partial charge in [-0.15, -0.1) is 0 Å². The lowest BCUT2D eigenvalue weighted by molar-refractivity contribution is 0.191. The van der Waals surface area contributed by atoms with Gasteiger partial charge in [-0.05, 0) is 18.7 Å². The number of phosphoric acid groups is 1. The normalized spacial score (nSPS) is 11.1. The van der Waals surface area contributed by atoms with Crippen LogP contribution in [-0.2, 0) is 18.1 Å². The van der Waals surface area contributed by atoms with E-state index in [0.29, 0.717) is 0 Å². The van der Waals surface area contributed by atoms with Gasteiger partial charge in [0.1, 0.15) is 0 Å². The summed E-state index contributed by atoms with van der Waals surface area (Å²) in [6.45, 7) is 3.64. The lowest BCUT2D eigenvalue weighted by atomic mass is 10.4. The van der Waals surface area contributed by atoms with Crippen LogP contribution in [-0.4, -0.2) is 14.2 Å². The van der Waals surface area contributed by atoms with E-state index >= 15 is 0 Å². The van der Waals surface area contributed by atoms with Gasteiger partial charge in [0.25, 0.3) is 0 Å². The van der Waals surface area contributed by atoms with Gasteiger partial charge in [0.2, 0.25) is 0 Å². The first-order chi connectivity index (χ1) is 7.59. The third-order valence-corrected chi connectivity index (χ3v) is 3.92. The maximum atomic E-state index is 11.6. The van der Waals surface area contributed by atoms with Crippen molar-refractivity contribution in [2.75, 3.05) is 14.2 Å². The van der Waals surface area contributed by atoms with Gasteiger partial charge in [-0.3, -0.25) is 9.05 Å². The Labute approximate surface area is 99.2 Å². The molecule has 0 aliphatic rings. The van der Waals surface area contributed by atoms with Gasteiger partial charge in [-0.2, -0.15) is 0 Å². The van der Waals surface area contributed by atoms with Gasteiger partial charge in [-0.25, -0.2) is 4.57 Å². The summed E-state index contributed by atoms with van der Waals surface area (Å²) in [6, 6.07) is 9.47. The smallest absolute Gasteiger partial charge is 0.397 e. The maximum absolute atomic E-state index is 11.6. The number of rotatable bonds is 6. The fourth-order valence-electron chi connectivity index (χ4n) is 0.912. The summed E-state index contributed by atoms with van der Waals surface area (Å²) in [5, 5.41) is 0.262. The van der Waals surface area contributed by atoms with Gasteiger partial charge in [0.05, 0.1) is 0 Å². The quantitative estimate of drug-likeness (QED) is 0.443. The molecule has 0 aromatic heterocycles. The lowest BCUT2D eigenvalue weighted by Gasteiger charge is -2.15. The molecule has 0 aliphatic heterocycles. The highest BCUT2D eigenvalue weighted by molar-refractivity contribution is 8.03. The van der Waals surface area contributed by atoms with E-state index in [1.165, 1.54) is 26.0 Å². The third kappa shape index (κ3) is 4.02. The van der Waals surface area contributed by atoms with Crippen LogP contribution in [0, 0.1) is 0 Å². The number of thioether (sulfide) groups is 1. The number of hydrogen-bond acceptors (Lipinski definition) is 5. The predicted molar refractivity (Wildman–Crippen MR) is 64.1 cm³/mol. The average Bonchev–Trinajstić information content (AvgIpc) is 2.30. The van der Waals surface area contributed by atoms with Crippen molar-refractivity contribution >= 4 is 19.6 Å². The number of benzene rings is 1. The summed E-state index contributed by atoms with van der Waals surface area (Å²) in [7, 11) is -0.985. The van der Waals surface area contributed by atoms with Crippen LogP contribution in [0.25, 0.3) is 0 Å². The van der Waals surface area contributed by atoms with Gasteiger partial charge >= 0.3 is 7.82 Å². The zero-order valence-corrected chi connectivity index (χ0v) is 10.8. The minimum Gasteiger partial charge on any atom is -0.397 e. The zero-order valence-electron chi connectivity index (χ0n) is 9.08. The molecule has 0 saturated heterocycles. The highest BCUT2D eigenvalue weighted by atomic mass is 32.2. The molecule has 0 amide bonds. The molecule has 0 unspecified atom stereocenters. The molecule has 0 N–H and O–H groups in total. The van der Waals surface area contributed by atoms with Crippen molar-refractivity contribution in [2.45, 2.75) is 4.90 Å². The minimum absolute atomic E-state index is 0.262. The van der Waals surface area contributed by atoms with Crippen LogP contribution < -0.4 is 0 Å². The largest absolute Gasteiger partial charge is 0.530 e. The van der Waals surface area contributed by atoms with E-state index in [1.807, 2.05) is 30.3 Å². The summed E-state index contributed by atoms with van der Waals surface area (Å²) < 4.78 is 25.9. The molecule has 16 heavy (non-hydrogen) atoms. The van der Waals surface area contributed by atoms with E-state index in [-0.39, 0.29) is 5.09 Å². The van der Waals surface area contributed by atoms with Crippen molar-refractivity contribution < 1.29 is 18.1 Å². The highest BCUT2D eigenvalue weighted by Gasteiger charge is 2.25. The maximum Gasteiger partial charge on any atom is 0.530 e. The zero-order chi connectivity index (χ0) is 12.0. The van der Waals surface area contributed by atoms with Gasteiger partial charge < -0.3 is 4.52 Å². The molecule has 6 heteroatoms. The molecule has 88 valence electrons. The van der Waals surface area contributed by atoms with Gasteiger partial charge in [0, 0.05) is 19.1 Å². The van der Waals surface area contributed by atoms with E-state index in [2.05, 4.69) is 15.6 Å². The summed E-state index contributed by atoms with van der Waals surface area (Å²) in [6.07, 6.45) is 0. The molecule has 0 radical (unpaired) electrons. The molecule has 0 fully saturated rings. The fraction of sp³-hybridized carbons (Fsp3) is 0.200. The summed E-state index contributed by atoms with van der Waals surface area (Å²) in [5.41, 5.74) is 0. The number of hydrogen-bond donors (Lipinski definition) is 0. The monoisotopic (exact) mass is 260 g/mol. The van der Waals surface area contributed by atoms with Gasteiger partial charge in [0.15, 0.2) is 5.09 Å². The fourth-order valence-corrected chi connectivity index (χ4v) is 2.44. The van der Waals surface area contributed by atoms with Crippen molar-refractivity contribution in [1.82, 2.24) is 0 Å². The molecule has 0 heterocycles. The topological polar surface area (TPSA) is 44.8 Å². The van der Waals surface area contributed by atoms with Crippen molar-refractivity contribution in [3.05, 3.63) is 42.0 Å². The van der Waals surface area contributed by atoms with Crippen LogP contribution in [0.1, 0.15) is 0 Å². The Bertz CT molecular complexity index is 385. The van der Waals surface area contributed by atoms with Gasteiger partial charge in [-0.1, -0.05) is 30.0 Å². The van der Waals surface area contributed by atoms with Crippen LogP contribution in [0.15, 0.2) is 46.9 Å². The standard InChI is InChI=1S/C10H13O4PS/c1-9(14-15(11,12-2)13-3)16-10-7-5-4-6-8-10/h4-8H,1H2,2-3H3. The van der Waals surface area contributed by atoms with Crippen LogP contribution >= 0.6 is 19.6 Å². The average molecular weight is 260 g/mol. The van der Waals surface area contributed by atoms with Crippen LogP contribution in [0.5, 0.6) is 0 Å². The van der Waals surface area contributed by atoms with E-state index in [9.17, 15) is 4.57 Å². The second kappa shape index (κ2) is 6.11. The van der Waals surface area contributed by atoms with Crippen molar-refractivity contribution in [2.24, 2.45) is 0 Å². The molecule has 0 spiro atoms. The Balaban J connectivity index is 2.58. The van der Waals surface area contributed by atoms with Crippen LogP contribution in [0.4, 0.5) is 0 Å². The summed E-state index contributed by atoms with van der Waals surface area (Å²) >= 11 is 1.25. The number of phosphoric ester groups is 1. The molecule has 0 bridgehead atoms. The molecule has 0 atom stereocenters. The molecule has 1 aromatic carbocycles. The summed E-state index contributed by atoms with van der Waals surface area (Å²) in [5.74, 6) is 0. The van der Waals surface area contributed by atoms with E-state index in [0.717, 1.165) is 4.90 Å². The molecule has 0 aliphatic carbocycles. The molecule has 1 aromatic rings. The van der Waals surface area contributed by atoms with Crippen molar-refractivity contribution in [3.8, 4) is 0 Å². The van der Waals surface area contributed by atoms with E-state index in [1.54, 1.807) is 0 Å². The third-order valence-electron chi connectivity index (χ3n) is 1.64. The predicted octanol–water partition coefficient (Wildman–Crippen LogP) is 3.67. The van der Waals surface area contributed by atoms with Crippen molar-refractivity contribution in [3.63, 3.8) is 0 Å². The Morgan fingerprint density at radius 2 is 1.81 bits per heavy atom. The first-order valence-electron chi connectivity index (χ1n) is 4.42. The van der Waals surface area contributed by atoms with Crippen LogP contribution in [0.2, 0.25) is 0 Å². The second-order valence-electron chi connectivity index (χ2n) is 2.69. The summed E-state index contributed by atoms with van der Waals surface area (Å²) in [4.78, 5) is 0.936. The van der Waals surface area contributed by atoms with Crippen molar-refractivity contribution in [1.29, 1.82) is 0 Å². The Morgan fingerprint density at radius 3 is 2.31 bits per heavy atom. The SMILES string of the molecule is C=C(OP(=O)(OC)OC)Sc1ccccc1. The van der Waals surface area contributed by atoms with E-state index in [4.69, 9.17) is 4.52 Å². The first kappa shape index (κ1) is 13.3. The molecule has 1 rings (SSSR count). The Kier molecular flexibility index (Phi) is 5.09. The van der Waals surface area contributed by atoms with E-state index < -0.39 is 7.82 Å². The highest BCUT2D eigenvalue weighted by Crippen LogP contribution is 2.51. The molecule has 0 saturated carbocycles. The lowest BCUT2D eigenvalue weighted by Crippen LogP contribution is -1.92. The molecule has 4 nitrogen and oxygen atoms in total. The van der Waals surface area contributed by atoms with Crippen LogP contribution in [0.3, 0.4) is 0 Å². The molecular weight excluding hydrogens is 247 g/mol. The Morgan fingerprint density at radius 1 is 1.25 bits per heavy atom. The minimum atomic E-state index is -3.49. The molecular formula is C10H13O4PS. The Hall–Kier alpha value is -0.740.